The van der Waals surface area contributed by atoms with Gasteiger partial charge in [-0.05, 0) is 32.4 Å². The third-order valence-corrected chi connectivity index (χ3v) is 5.55. The predicted octanol–water partition coefficient (Wildman–Crippen LogP) is 2.91. The fourth-order valence-electron chi connectivity index (χ4n) is 3.62. The molecule has 3 heterocycles. The number of hydrogen-bond acceptors (Lipinski definition) is 5. The third kappa shape index (κ3) is 3.02. The van der Waals surface area contributed by atoms with Gasteiger partial charge in [-0.3, -0.25) is 19.6 Å². The largest absolute Gasteiger partial charge is 0.489 e. The molecule has 152 valence electrons. The maximum atomic E-state index is 13.0. The van der Waals surface area contributed by atoms with E-state index in [2.05, 4.69) is 15.4 Å². The van der Waals surface area contributed by atoms with Gasteiger partial charge >= 0.3 is 0 Å². The molecule has 3 N–H and O–H groups in total. The van der Waals surface area contributed by atoms with Crippen LogP contribution in [0.2, 0.25) is 5.02 Å². The van der Waals surface area contributed by atoms with E-state index in [1.165, 1.54) is 0 Å². The Morgan fingerprint density at radius 1 is 1.38 bits per heavy atom. The summed E-state index contributed by atoms with van der Waals surface area (Å²) in [6.45, 7) is 6.56. The van der Waals surface area contributed by atoms with Gasteiger partial charge in [0, 0.05) is 12.1 Å². The lowest BCUT2D eigenvalue weighted by atomic mass is 10.1. The number of aromatic nitrogens is 4. The Balaban J connectivity index is 1.84. The van der Waals surface area contributed by atoms with Crippen LogP contribution in [0.15, 0.2) is 12.1 Å². The molecule has 0 spiro atoms. The monoisotopic (exact) mass is 416 g/mol. The van der Waals surface area contributed by atoms with Crippen LogP contribution < -0.4 is 15.8 Å². The van der Waals surface area contributed by atoms with E-state index in [1.54, 1.807) is 23.7 Å². The smallest absolute Gasteiger partial charge is 0.277 e. The quantitative estimate of drug-likeness (QED) is 0.663. The van der Waals surface area contributed by atoms with Crippen LogP contribution in [0.1, 0.15) is 52.9 Å². The average Bonchev–Trinajstić information content (AvgIpc) is 3.20. The van der Waals surface area contributed by atoms with Crippen LogP contribution in [-0.4, -0.2) is 37.8 Å². The zero-order chi connectivity index (χ0) is 20.9. The SMILES string of the molecule is CC[C@H]1COc2cc(C(N)=O)cc3nc(NC(=O)c4c(Cl)c(C)nn4CC)n1c23. The molecule has 9 nitrogen and oxygen atoms in total. The molecule has 2 aromatic heterocycles. The van der Waals surface area contributed by atoms with Crippen molar-refractivity contribution in [3.63, 3.8) is 0 Å². The van der Waals surface area contributed by atoms with Crippen molar-refractivity contribution < 1.29 is 14.3 Å². The molecule has 0 saturated carbocycles. The summed E-state index contributed by atoms with van der Waals surface area (Å²) in [5, 5.41) is 7.47. The Bertz CT molecular complexity index is 1150. The fourth-order valence-corrected chi connectivity index (χ4v) is 3.84. The van der Waals surface area contributed by atoms with Crippen LogP contribution in [0.5, 0.6) is 5.75 Å². The second-order valence-electron chi connectivity index (χ2n) is 6.90. The lowest BCUT2D eigenvalue weighted by molar-refractivity contribution is 0.0995. The predicted molar refractivity (Wildman–Crippen MR) is 109 cm³/mol. The van der Waals surface area contributed by atoms with Gasteiger partial charge in [-0.2, -0.15) is 5.10 Å². The fraction of sp³-hybridized carbons (Fsp3) is 0.368. The number of carbonyl (C=O) groups is 2. The highest BCUT2D eigenvalue weighted by atomic mass is 35.5. The van der Waals surface area contributed by atoms with Crippen molar-refractivity contribution in [2.45, 2.75) is 39.8 Å². The topological polar surface area (TPSA) is 117 Å². The Labute approximate surface area is 171 Å². The first kappa shape index (κ1) is 19.3. The Morgan fingerprint density at radius 2 is 2.14 bits per heavy atom. The van der Waals surface area contributed by atoms with Crippen LogP contribution in [0.25, 0.3) is 11.0 Å². The summed E-state index contributed by atoms with van der Waals surface area (Å²) in [4.78, 5) is 29.2. The lowest BCUT2D eigenvalue weighted by Gasteiger charge is -2.26. The van der Waals surface area contributed by atoms with E-state index in [1.807, 2.05) is 18.4 Å². The number of anilines is 1. The number of benzene rings is 1. The number of nitrogens with one attached hydrogen (secondary N) is 1. The molecule has 0 unspecified atom stereocenters. The van der Waals surface area contributed by atoms with Gasteiger partial charge < -0.3 is 15.0 Å². The molecule has 29 heavy (non-hydrogen) atoms. The first-order chi connectivity index (χ1) is 13.8. The van der Waals surface area contributed by atoms with E-state index in [0.717, 1.165) is 11.9 Å². The molecule has 1 atom stereocenters. The minimum atomic E-state index is -0.571. The van der Waals surface area contributed by atoms with Gasteiger partial charge in [-0.25, -0.2) is 4.98 Å². The van der Waals surface area contributed by atoms with Crippen LogP contribution in [0.4, 0.5) is 5.95 Å². The van der Waals surface area contributed by atoms with Crippen molar-refractivity contribution in [1.29, 1.82) is 0 Å². The highest BCUT2D eigenvalue weighted by molar-refractivity contribution is 6.34. The number of primary amides is 1. The normalized spacial score (nSPS) is 15.4. The number of aryl methyl sites for hydroxylation is 2. The number of ether oxygens (including phenoxy) is 1. The summed E-state index contributed by atoms with van der Waals surface area (Å²) in [6.07, 6.45) is 0.776. The van der Waals surface area contributed by atoms with Crippen molar-refractivity contribution in [2.75, 3.05) is 11.9 Å². The van der Waals surface area contributed by atoms with Gasteiger partial charge in [0.1, 0.15) is 23.6 Å². The van der Waals surface area contributed by atoms with Gasteiger partial charge in [-0.1, -0.05) is 18.5 Å². The highest BCUT2D eigenvalue weighted by Gasteiger charge is 2.29. The molecule has 3 aromatic rings. The standard InChI is InChI=1S/C19H21ClN6O3/c1-4-11-8-29-13-7-10(17(21)27)6-12-15(13)26(11)19(22-12)23-18(28)16-14(20)9(3)24-25(16)5-2/h6-7,11H,4-5,8H2,1-3H3,(H2,21,27)(H,22,23,28)/t11-/m0/s1. The number of imidazole rings is 1. The summed E-state index contributed by atoms with van der Waals surface area (Å²) in [5.74, 6) is -0.0947. The van der Waals surface area contributed by atoms with E-state index in [0.29, 0.717) is 46.6 Å². The van der Waals surface area contributed by atoms with Crippen LogP contribution in [0, 0.1) is 6.92 Å². The van der Waals surface area contributed by atoms with Gasteiger partial charge in [0.05, 0.1) is 22.3 Å². The van der Waals surface area contributed by atoms with E-state index in [4.69, 9.17) is 22.1 Å². The molecule has 0 aliphatic carbocycles. The number of carbonyl (C=O) groups excluding carboxylic acids is 2. The summed E-state index contributed by atoms with van der Waals surface area (Å²) in [7, 11) is 0. The second kappa shape index (κ2) is 7.07. The summed E-state index contributed by atoms with van der Waals surface area (Å²) in [5.41, 5.74) is 7.84. The van der Waals surface area contributed by atoms with E-state index >= 15 is 0 Å². The molecule has 2 amide bonds. The first-order valence-corrected chi connectivity index (χ1v) is 9.76. The molecule has 1 aliphatic heterocycles. The lowest BCUT2D eigenvalue weighted by Crippen LogP contribution is -2.26. The number of rotatable bonds is 5. The number of nitrogens with two attached hydrogens (primary N) is 1. The van der Waals surface area contributed by atoms with E-state index < -0.39 is 11.8 Å². The summed E-state index contributed by atoms with van der Waals surface area (Å²) < 4.78 is 9.33. The van der Waals surface area contributed by atoms with Crippen LogP contribution in [0.3, 0.4) is 0 Å². The highest BCUT2D eigenvalue weighted by Crippen LogP contribution is 2.38. The molecule has 0 saturated heterocycles. The van der Waals surface area contributed by atoms with Crippen LogP contribution >= 0.6 is 11.6 Å². The van der Waals surface area contributed by atoms with Crippen molar-refractivity contribution in [3.05, 3.63) is 34.1 Å². The summed E-state index contributed by atoms with van der Waals surface area (Å²) >= 11 is 6.31. The molecule has 0 bridgehead atoms. The molecular formula is C19H21ClN6O3. The molecule has 0 radical (unpaired) electrons. The van der Waals surface area contributed by atoms with E-state index in [-0.39, 0.29) is 11.7 Å². The maximum absolute atomic E-state index is 13.0. The summed E-state index contributed by atoms with van der Waals surface area (Å²) in [6, 6.07) is 3.19. The zero-order valence-electron chi connectivity index (χ0n) is 16.3. The van der Waals surface area contributed by atoms with Gasteiger partial charge in [0.2, 0.25) is 11.9 Å². The van der Waals surface area contributed by atoms with Gasteiger partial charge in [0.15, 0.2) is 0 Å². The molecule has 10 heteroatoms. The number of halogens is 1. The minimum absolute atomic E-state index is 0.0180. The first-order valence-electron chi connectivity index (χ1n) is 9.38. The van der Waals surface area contributed by atoms with Crippen molar-refractivity contribution >= 4 is 40.4 Å². The van der Waals surface area contributed by atoms with Gasteiger partial charge in [-0.15, -0.1) is 0 Å². The van der Waals surface area contributed by atoms with E-state index in [9.17, 15) is 9.59 Å². The molecule has 1 aliphatic rings. The zero-order valence-corrected chi connectivity index (χ0v) is 17.1. The number of hydrogen-bond donors (Lipinski definition) is 2. The van der Waals surface area contributed by atoms with Crippen molar-refractivity contribution in [3.8, 4) is 5.75 Å². The molecule has 1 aromatic carbocycles. The Kier molecular flexibility index (Phi) is 4.70. The Hall–Kier alpha value is -3.07. The number of amides is 2. The average molecular weight is 417 g/mol. The Morgan fingerprint density at radius 3 is 2.79 bits per heavy atom. The third-order valence-electron chi connectivity index (χ3n) is 5.10. The molecule has 0 fully saturated rings. The maximum Gasteiger partial charge on any atom is 0.277 e. The molecular weight excluding hydrogens is 396 g/mol. The van der Waals surface area contributed by atoms with Crippen molar-refractivity contribution in [2.24, 2.45) is 5.73 Å². The second-order valence-corrected chi connectivity index (χ2v) is 7.28. The number of nitrogens with zero attached hydrogens (tertiary/aromatic N) is 4. The van der Waals surface area contributed by atoms with Crippen molar-refractivity contribution in [1.82, 2.24) is 19.3 Å². The minimum Gasteiger partial charge on any atom is -0.489 e. The van der Waals surface area contributed by atoms with Crippen LogP contribution in [-0.2, 0) is 6.54 Å². The van der Waals surface area contributed by atoms with Gasteiger partial charge in [0.25, 0.3) is 5.91 Å². The molecule has 4 rings (SSSR count).